The SMILES string of the molecule is C=Cc1ccc(C)cc1.CCN(CC)C(O)=S.NC(O)=S. The van der Waals surface area contributed by atoms with Crippen LogP contribution >= 0.6 is 24.4 Å². The molecule has 0 unspecified atom stereocenters. The van der Waals surface area contributed by atoms with E-state index in [4.69, 9.17) is 10.2 Å². The van der Waals surface area contributed by atoms with E-state index in [-0.39, 0.29) is 5.17 Å². The van der Waals surface area contributed by atoms with Crippen molar-refractivity contribution < 1.29 is 10.2 Å². The molecule has 1 rings (SSSR count). The maximum atomic E-state index is 8.67. The summed E-state index contributed by atoms with van der Waals surface area (Å²) in [5, 5.41) is 15.7. The monoisotopic (exact) mass is 328 g/mol. The van der Waals surface area contributed by atoms with Crippen LogP contribution < -0.4 is 5.73 Å². The molecule has 0 amide bonds. The highest BCUT2D eigenvalue weighted by Gasteiger charge is 1.98. The Bertz CT molecular complexity index is 426. The Morgan fingerprint density at radius 3 is 1.76 bits per heavy atom. The molecule has 21 heavy (non-hydrogen) atoms. The molecule has 0 aliphatic rings. The van der Waals surface area contributed by atoms with Crippen LogP contribution in [0.15, 0.2) is 30.8 Å². The summed E-state index contributed by atoms with van der Waals surface area (Å²) in [6.07, 6.45) is 1.85. The number of nitrogens with zero attached hydrogens (tertiary/aromatic N) is 1. The van der Waals surface area contributed by atoms with Crippen molar-refractivity contribution in [1.82, 2.24) is 4.90 Å². The Labute approximate surface area is 137 Å². The molecule has 0 aliphatic carbocycles. The molecule has 0 aliphatic heterocycles. The fourth-order valence-electron chi connectivity index (χ4n) is 1.20. The van der Waals surface area contributed by atoms with Gasteiger partial charge in [0.25, 0.3) is 10.3 Å². The topological polar surface area (TPSA) is 69.7 Å². The van der Waals surface area contributed by atoms with Crippen LogP contribution in [0.1, 0.15) is 25.0 Å². The van der Waals surface area contributed by atoms with Crippen LogP contribution in [0.4, 0.5) is 0 Å². The van der Waals surface area contributed by atoms with E-state index in [1.165, 1.54) is 11.1 Å². The fourth-order valence-corrected chi connectivity index (χ4v) is 1.45. The molecule has 118 valence electrons. The minimum Gasteiger partial charge on any atom is -0.487 e. The van der Waals surface area contributed by atoms with Crippen molar-refractivity contribution in [1.29, 1.82) is 0 Å². The summed E-state index contributed by atoms with van der Waals surface area (Å²) in [6.45, 7) is 11.2. The quantitative estimate of drug-likeness (QED) is 0.737. The molecule has 6 heteroatoms. The van der Waals surface area contributed by atoms with Crippen molar-refractivity contribution in [2.24, 2.45) is 5.73 Å². The summed E-state index contributed by atoms with van der Waals surface area (Å²) in [5.74, 6) is 0. The van der Waals surface area contributed by atoms with Crippen LogP contribution in [0.2, 0.25) is 0 Å². The van der Waals surface area contributed by atoms with E-state index >= 15 is 0 Å². The van der Waals surface area contributed by atoms with Gasteiger partial charge in [-0.15, -0.1) is 0 Å². The van der Waals surface area contributed by atoms with E-state index in [9.17, 15) is 0 Å². The molecule has 0 bridgehead atoms. The highest BCUT2D eigenvalue weighted by Crippen LogP contribution is 2.02. The first-order chi connectivity index (χ1) is 9.78. The molecule has 1 aromatic rings. The van der Waals surface area contributed by atoms with Crippen LogP contribution in [-0.4, -0.2) is 38.6 Å². The average molecular weight is 329 g/mol. The van der Waals surface area contributed by atoms with E-state index in [1.54, 1.807) is 4.90 Å². The largest absolute Gasteiger partial charge is 0.487 e. The Kier molecular flexibility index (Phi) is 13.7. The summed E-state index contributed by atoms with van der Waals surface area (Å²) in [5.41, 5.74) is 6.87. The number of thiocarbonyl (C=S) groups is 2. The summed E-state index contributed by atoms with van der Waals surface area (Å²) < 4.78 is 0. The number of aliphatic hydroxyl groups is 2. The molecular formula is C15H24N2O2S2. The van der Waals surface area contributed by atoms with Gasteiger partial charge in [-0.2, -0.15) is 0 Å². The van der Waals surface area contributed by atoms with Gasteiger partial charge in [0.05, 0.1) is 0 Å². The van der Waals surface area contributed by atoms with Gasteiger partial charge in [-0.1, -0.05) is 42.5 Å². The average Bonchev–Trinajstić information content (AvgIpc) is 2.41. The van der Waals surface area contributed by atoms with Gasteiger partial charge in [0.15, 0.2) is 0 Å². The first kappa shape index (κ1) is 21.6. The van der Waals surface area contributed by atoms with Gasteiger partial charge in [-0.3, -0.25) is 0 Å². The van der Waals surface area contributed by atoms with Crippen molar-refractivity contribution in [3.05, 3.63) is 42.0 Å². The van der Waals surface area contributed by atoms with Crippen molar-refractivity contribution in [2.75, 3.05) is 13.1 Å². The van der Waals surface area contributed by atoms with Crippen molar-refractivity contribution in [3.63, 3.8) is 0 Å². The van der Waals surface area contributed by atoms with Crippen molar-refractivity contribution in [2.45, 2.75) is 20.8 Å². The van der Waals surface area contributed by atoms with Crippen LogP contribution in [0, 0.1) is 6.92 Å². The molecule has 0 saturated heterocycles. The third kappa shape index (κ3) is 14.6. The lowest BCUT2D eigenvalue weighted by atomic mass is 10.2. The van der Waals surface area contributed by atoms with E-state index in [0.717, 1.165) is 13.1 Å². The second kappa shape index (κ2) is 13.3. The number of hydrogen-bond acceptors (Lipinski definition) is 2. The molecular weight excluding hydrogens is 304 g/mol. The zero-order chi connectivity index (χ0) is 16.8. The van der Waals surface area contributed by atoms with Crippen LogP contribution in [0.3, 0.4) is 0 Å². The number of hydrogen-bond donors (Lipinski definition) is 3. The minimum absolute atomic E-state index is 0.00463. The maximum absolute atomic E-state index is 8.67. The van der Waals surface area contributed by atoms with Crippen LogP contribution in [0.5, 0.6) is 0 Å². The second-order valence-corrected chi connectivity index (χ2v) is 4.69. The van der Waals surface area contributed by atoms with Gasteiger partial charge >= 0.3 is 0 Å². The minimum atomic E-state index is -0.500. The molecule has 0 spiro atoms. The van der Waals surface area contributed by atoms with Crippen molar-refractivity contribution >= 4 is 40.9 Å². The highest BCUT2D eigenvalue weighted by molar-refractivity contribution is 7.80. The number of aryl methyl sites for hydroxylation is 1. The first-order valence-electron chi connectivity index (χ1n) is 6.43. The molecule has 4 nitrogen and oxygen atoms in total. The molecule has 0 heterocycles. The Balaban J connectivity index is 0. The smallest absolute Gasteiger partial charge is 0.256 e. The molecule has 1 aromatic carbocycles. The molecule has 0 fully saturated rings. The number of nitrogens with two attached hydrogens (primary N) is 1. The van der Waals surface area contributed by atoms with Gasteiger partial charge < -0.3 is 20.8 Å². The Hall–Kier alpha value is -1.66. The normalized spacial score (nSPS) is 8.33. The molecule has 4 N–H and O–H groups in total. The molecule has 0 aromatic heterocycles. The van der Waals surface area contributed by atoms with E-state index in [1.807, 2.05) is 19.9 Å². The molecule has 0 saturated carbocycles. The summed E-state index contributed by atoms with van der Waals surface area (Å²) >= 11 is 8.37. The van der Waals surface area contributed by atoms with Gasteiger partial charge in [0.1, 0.15) is 0 Å². The second-order valence-electron chi connectivity index (χ2n) is 3.91. The van der Waals surface area contributed by atoms with Gasteiger partial charge in [-0.25, -0.2) is 0 Å². The fraction of sp³-hybridized carbons (Fsp3) is 0.333. The van der Waals surface area contributed by atoms with Gasteiger partial charge in [0, 0.05) is 13.1 Å². The number of aliphatic hydroxyl groups excluding tert-OH is 2. The van der Waals surface area contributed by atoms with Crippen LogP contribution in [-0.2, 0) is 0 Å². The maximum Gasteiger partial charge on any atom is 0.256 e. The number of benzene rings is 1. The molecule has 0 atom stereocenters. The van der Waals surface area contributed by atoms with Gasteiger partial charge in [-0.05, 0) is 50.8 Å². The summed E-state index contributed by atoms with van der Waals surface area (Å²) in [6, 6.07) is 8.28. The first-order valence-corrected chi connectivity index (χ1v) is 7.25. The highest BCUT2D eigenvalue weighted by atomic mass is 32.1. The zero-order valence-corrected chi connectivity index (χ0v) is 14.4. The summed E-state index contributed by atoms with van der Waals surface area (Å²) in [7, 11) is 0. The standard InChI is InChI=1S/C9H10.C5H11NOS.CH3NOS/c1-3-9-6-4-8(2)5-7-9;1-3-6(4-2)5(7)8;2-1(3)4/h3-7H,1H2,2H3;3-4H2,1-2H3,(H,7,8);(H3,2,3,4). The predicted molar refractivity (Wildman–Crippen MR) is 98.8 cm³/mol. The Morgan fingerprint density at radius 1 is 1.19 bits per heavy atom. The lowest BCUT2D eigenvalue weighted by molar-refractivity contribution is 0.371. The number of rotatable bonds is 3. The lowest BCUT2D eigenvalue weighted by Crippen LogP contribution is -2.28. The van der Waals surface area contributed by atoms with E-state index < -0.39 is 5.17 Å². The third-order valence-corrected chi connectivity index (χ3v) is 2.61. The lowest BCUT2D eigenvalue weighted by Gasteiger charge is -2.15. The van der Waals surface area contributed by atoms with Crippen molar-refractivity contribution in [3.8, 4) is 0 Å². The van der Waals surface area contributed by atoms with E-state index in [2.05, 4.69) is 67.9 Å². The zero-order valence-electron chi connectivity index (χ0n) is 12.7. The van der Waals surface area contributed by atoms with Gasteiger partial charge in [0.2, 0.25) is 0 Å². The summed E-state index contributed by atoms with van der Waals surface area (Å²) in [4.78, 5) is 1.70. The van der Waals surface area contributed by atoms with Crippen LogP contribution in [0.25, 0.3) is 6.08 Å². The molecule has 0 radical (unpaired) electrons. The Morgan fingerprint density at radius 2 is 1.57 bits per heavy atom. The predicted octanol–water partition coefficient (Wildman–Crippen LogP) is 3.60. The van der Waals surface area contributed by atoms with E-state index in [0.29, 0.717) is 0 Å². The third-order valence-electron chi connectivity index (χ3n) is 2.35.